The van der Waals surface area contributed by atoms with Gasteiger partial charge in [-0.05, 0) is 114 Å². The van der Waals surface area contributed by atoms with Gasteiger partial charge in [-0.3, -0.25) is 9.59 Å². The number of benzene rings is 3. The van der Waals surface area contributed by atoms with Crippen molar-refractivity contribution in [2.24, 2.45) is 23.7 Å². The zero-order valence-corrected chi connectivity index (χ0v) is 37.9. The fourth-order valence-corrected chi connectivity index (χ4v) is 9.34. The molecule has 3 aromatic carbocycles. The minimum Gasteiger partial charge on any atom is -0.447 e. The minimum absolute atomic E-state index is 0.0914. The predicted molar refractivity (Wildman–Crippen MR) is 237 cm³/mol. The second kappa shape index (κ2) is 19.4. The first kappa shape index (κ1) is 46.1. The van der Waals surface area contributed by atoms with E-state index >= 15 is 0 Å². The Morgan fingerprint density at radius 3 is 1.27 bits per heavy atom. The molecule has 3 aromatic rings. The number of imide groups is 2. The van der Waals surface area contributed by atoms with Gasteiger partial charge < -0.3 is 28.7 Å². The Balaban J connectivity index is 1.12. The summed E-state index contributed by atoms with van der Waals surface area (Å²) in [5.41, 5.74) is 2.28. The van der Waals surface area contributed by atoms with Gasteiger partial charge in [0.25, 0.3) is 0 Å². The third-order valence-corrected chi connectivity index (χ3v) is 12.5. The zero-order valence-electron chi connectivity index (χ0n) is 37.9. The van der Waals surface area contributed by atoms with E-state index in [0.717, 1.165) is 22.3 Å². The predicted octanol–water partition coefficient (Wildman–Crippen LogP) is 7.70. The molecule has 342 valence electrons. The summed E-state index contributed by atoms with van der Waals surface area (Å²) in [6.45, 7) is 12.5. The van der Waals surface area contributed by atoms with E-state index in [2.05, 4.69) is 0 Å². The number of ether oxygens (including phenoxy) is 4. The van der Waals surface area contributed by atoms with Crippen molar-refractivity contribution in [1.82, 2.24) is 19.6 Å². The summed E-state index contributed by atoms with van der Waals surface area (Å²) in [6, 6.07) is 26.1. The maximum Gasteiger partial charge on any atom is 0.416 e. The SMILES string of the molecule is CC(C)(C)OC(=O)N1CC[C@H]([C@H](Cc2ccc(C[C@H](C(=O)N3C(=O)OC[C@@H]3Cc3ccccc3)[C@H]3CCN(C(=O)OC(C)(C)C)C3)cc2)C(=O)N2C(=O)OC[C@@H]2Cc2ccccc2)C1. The van der Waals surface area contributed by atoms with Gasteiger partial charge in [-0.1, -0.05) is 84.9 Å². The Bertz CT molecular complexity index is 2000. The molecule has 0 bridgehead atoms. The number of carbonyl (C=O) groups is 6. The van der Waals surface area contributed by atoms with Crippen molar-refractivity contribution >= 4 is 36.2 Å². The number of cyclic esters (lactones) is 2. The molecule has 14 heteroatoms. The van der Waals surface area contributed by atoms with Crippen LogP contribution in [0.1, 0.15) is 76.6 Å². The number of carbonyl (C=O) groups excluding carboxylic acids is 6. The highest BCUT2D eigenvalue weighted by molar-refractivity contribution is 5.96. The van der Waals surface area contributed by atoms with Gasteiger partial charge in [-0.2, -0.15) is 0 Å². The highest BCUT2D eigenvalue weighted by atomic mass is 16.6. The molecule has 6 atom stereocenters. The molecule has 4 aliphatic heterocycles. The molecular weight excluding hydrogens is 817 g/mol. The van der Waals surface area contributed by atoms with Gasteiger partial charge in [-0.15, -0.1) is 0 Å². The largest absolute Gasteiger partial charge is 0.447 e. The van der Waals surface area contributed by atoms with E-state index in [4.69, 9.17) is 18.9 Å². The van der Waals surface area contributed by atoms with E-state index < -0.39 is 59.5 Å². The van der Waals surface area contributed by atoms with Gasteiger partial charge in [0.05, 0.1) is 12.1 Å². The van der Waals surface area contributed by atoms with Crippen LogP contribution < -0.4 is 0 Å². The van der Waals surface area contributed by atoms with E-state index in [1.165, 1.54) is 9.80 Å². The Labute approximate surface area is 376 Å². The second-order valence-corrected chi connectivity index (χ2v) is 19.6. The average Bonchev–Trinajstić information content (AvgIpc) is 4.07. The molecule has 0 spiro atoms. The first-order valence-electron chi connectivity index (χ1n) is 22.5. The summed E-state index contributed by atoms with van der Waals surface area (Å²) in [7, 11) is 0. The van der Waals surface area contributed by atoms with Crippen LogP contribution in [0.25, 0.3) is 0 Å². The normalized spacial score (nSPS) is 22.3. The van der Waals surface area contributed by atoms with Crippen molar-refractivity contribution in [2.45, 2.75) is 103 Å². The van der Waals surface area contributed by atoms with Gasteiger partial charge >= 0.3 is 24.4 Å². The molecule has 0 radical (unpaired) electrons. The summed E-state index contributed by atoms with van der Waals surface area (Å²) in [4.78, 5) is 88.1. The molecule has 0 saturated carbocycles. The number of hydrogen-bond acceptors (Lipinski definition) is 10. The topological polar surface area (TPSA) is 152 Å². The van der Waals surface area contributed by atoms with Gasteiger partial charge in [0.2, 0.25) is 11.8 Å². The summed E-state index contributed by atoms with van der Waals surface area (Å²) >= 11 is 0. The minimum atomic E-state index is -0.684. The van der Waals surface area contributed by atoms with Crippen molar-refractivity contribution in [3.05, 3.63) is 107 Å². The molecule has 0 aromatic heterocycles. The van der Waals surface area contributed by atoms with E-state index in [9.17, 15) is 28.8 Å². The molecular formula is C50H62N4O10. The lowest BCUT2D eigenvalue weighted by atomic mass is 9.83. The average molecular weight is 879 g/mol. The Hall–Kier alpha value is -5.92. The molecule has 4 heterocycles. The van der Waals surface area contributed by atoms with Crippen molar-refractivity contribution in [1.29, 1.82) is 0 Å². The van der Waals surface area contributed by atoms with Crippen LogP contribution in [-0.2, 0) is 54.2 Å². The fourth-order valence-electron chi connectivity index (χ4n) is 9.34. The zero-order chi connectivity index (χ0) is 45.8. The van der Waals surface area contributed by atoms with Crippen LogP contribution in [0.15, 0.2) is 84.9 Å². The Kier molecular flexibility index (Phi) is 14.0. The van der Waals surface area contributed by atoms with Crippen molar-refractivity contribution < 1.29 is 47.7 Å². The molecule has 7 rings (SSSR count). The van der Waals surface area contributed by atoms with Crippen LogP contribution >= 0.6 is 0 Å². The van der Waals surface area contributed by atoms with Gasteiger partial charge in [-0.25, -0.2) is 29.0 Å². The van der Waals surface area contributed by atoms with E-state index in [0.29, 0.717) is 64.7 Å². The van der Waals surface area contributed by atoms with Crippen LogP contribution in [0.3, 0.4) is 0 Å². The van der Waals surface area contributed by atoms with E-state index in [1.807, 2.05) is 126 Å². The Morgan fingerprint density at radius 1 is 0.562 bits per heavy atom. The molecule has 4 fully saturated rings. The van der Waals surface area contributed by atoms with Gasteiger partial charge in [0.15, 0.2) is 0 Å². The number of nitrogens with zero attached hydrogens (tertiary/aromatic N) is 4. The van der Waals surface area contributed by atoms with Crippen LogP contribution in [0.2, 0.25) is 0 Å². The third-order valence-electron chi connectivity index (χ3n) is 12.5. The standard InChI is InChI=1S/C50H62N4O10/c1-49(2,3)63-45(57)51-23-21-37(29-51)41(43(55)53-39(31-61-47(53)59)25-33-13-9-7-10-14-33)27-35-17-19-36(20-18-35)28-42(38-22-24-52(30-38)46(58)64-50(4,5)6)44(56)54-40(32-62-48(54)60)26-34-15-11-8-12-16-34/h7-20,37-42H,21-32H2,1-6H3/t37-,38-,39-,40-,41-,42-/m0/s1. The fraction of sp³-hybridized carbons (Fsp3) is 0.520. The molecule has 6 amide bonds. The van der Waals surface area contributed by atoms with Gasteiger partial charge in [0, 0.05) is 38.0 Å². The van der Waals surface area contributed by atoms with Crippen molar-refractivity contribution in [2.75, 3.05) is 39.4 Å². The van der Waals surface area contributed by atoms with Crippen LogP contribution in [0.5, 0.6) is 0 Å². The number of rotatable bonds is 12. The third kappa shape index (κ3) is 11.4. The summed E-state index contributed by atoms with van der Waals surface area (Å²) in [6.07, 6.45) is 0.368. The molecule has 0 N–H and O–H groups in total. The number of amides is 6. The molecule has 14 nitrogen and oxygen atoms in total. The monoisotopic (exact) mass is 878 g/mol. The van der Waals surface area contributed by atoms with Crippen molar-refractivity contribution in [3.8, 4) is 0 Å². The van der Waals surface area contributed by atoms with Crippen LogP contribution in [-0.4, -0.2) is 118 Å². The Morgan fingerprint density at radius 2 is 0.922 bits per heavy atom. The molecule has 4 aliphatic rings. The van der Waals surface area contributed by atoms with Crippen LogP contribution in [0.4, 0.5) is 19.2 Å². The lowest BCUT2D eigenvalue weighted by Crippen LogP contribution is -2.46. The quantitative estimate of drug-likeness (QED) is 0.166. The maximum atomic E-state index is 14.7. The van der Waals surface area contributed by atoms with Gasteiger partial charge in [0.1, 0.15) is 24.4 Å². The lowest BCUT2D eigenvalue weighted by molar-refractivity contribution is -0.136. The van der Waals surface area contributed by atoms with Crippen LogP contribution in [0, 0.1) is 23.7 Å². The number of likely N-dealkylation sites (tertiary alicyclic amines) is 2. The molecule has 64 heavy (non-hydrogen) atoms. The summed E-state index contributed by atoms with van der Waals surface area (Å²) in [5.74, 6) is -2.51. The summed E-state index contributed by atoms with van der Waals surface area (Å²) < 4.78 is 22.3. The number of hydrogen-bond donors (Lipinski definition) is 0. The lowest BCUT2D eigenvalue weighted by Gasteiger charge is -2.30. The maximum absolute atomic E-state index is 14.7. The highest BCUT2D eigenvalue weighted by Crippen LogP contribution is 2.35. The molecule has 0 unspecified atom stereocenters. The first-order chi connectivity index (χ1) is 30.4. The molecule has 0 aliphatic carbocycles. The smallest absolute Gasteiger partial charge is 0.416 e. The second-order valence-electron chi connectivity index (χ2n) is 19.6. The first-order valence-corrected chi connectivity index (χ1v) is 22.5. The van der Waals surface area contributed by atoms with E-state index in [-0.39, 0.29) is 36.9 Å². The summed E-state index contributed by atoms with van der Waals surface area (Å²) in [5, 5.41) is 0. The van der Waals surface area contributed by atoms with Crippen molar-refractivity contribution in [3.63, 3.8) is 0 Å². The van der Waals surface area contributed by atoms with E-state index in [1.54, 1.807) is 9.80 Å². The highest BCUT2D eigenvalue weighted by Gasteiger charge is 2.47. The molecule has 4 saturated heterocycles.